The van der Waals surface area contributed by atoms with Crippen LogP contribution in [0, 0.1) is 11.8 Å². The minimum atomic E-state index is 0.435. The minimum absolute atomic E-state index is 0.435. The molecular weight excluding hydrogens is 226 g/mol. The summed E-state index contributed by atoms with van der Waals surface area (Å²) < 4.78 is 10.3. The molecule has 0 bridgehead atoms. The van der Waals surface area contributed by atoms with Gasteiger partial charge in [-0.15, -0.1) is 0 Å². The monoisotopic (exact) mass is 239 g/mol. The molecule has 86 valence electrons. The van der Waals surface area contributed by atoms with Gasteiger partial charge in [0.05, 0.1) is 19.8 Å². The summed E-state index contributed by atoms with van der Waals surface area (Å²) in [7, 11) is 3.11. The Kier molecular flexibility index (Phi) is 4.97. The van der Waals surface area contributed by atoms with Crippen LogP contribution in [-0.2, 0) is 0 Å². The Morgan fingerprint density at radius 1 is 1.31 bits per heavy atom. The van der Waals surface area contributed by atoms with E-state index >= 15 is 0 Å². The average molecular weight is 240 g/mol. The van der Waals surface area contributed by atoms with Gasteiger partial charge in [0, 0.05) is 13.0 Å². The van der Waals surface area contributed by atoms with Gasteiger partial charge in [0.25, 0.3) is 0 Å². The Morgan fingerprint density at radius 2 is 2.06 bits per heavy atom. The first-order valence-electron chi connectivity index (χ1n) is 4.84. The van der Waals surface area contributed by atoms with E-state index in [1.807, 2.05) is 6.07 Å². The average Bonchev–Trinajstić information content (AvgIpc) is 2.30. The Labute approximate surface area is 100 Å². The molecule has 1 aromatic carbocycles. The fourth-order valence-corrected chi connectivity index (χ4v) is 1.54. The van der Waals surface area contributed by atoms with Crippen molar-refractivity contribution in [2.75, 3.05) is 20.8 Å². The fourth-order valence-electron chi connectivity index (χ4n) is 1.22. The van der Waals surface area contributed by atoms with Crippen molar-refractivity contribution >= 4 is 11.6 Å². The van der Waals surface area contributed by atoms with E-state index in [2.05, 4.69) is 11.8 Å². The molecule has 1 rings (SSSR count). The summed E-state index contributed by atoms with van der Waals surface area (Å²) in [5.41, 5.74) is 6.10. The molecule has 0 spiro atoms. The summed E-state index contributed by atoms with van der Waals surface area (Å²) >= 11 is 6.08. The lowest BCUT2D eigenvalue weighted by atomic mass is 10.2. The number of hydrogen-bond donors (Lipinski definition) is 1. The zero-order valence-electron chi connectivity index (χ0n) is 9.34. The van der Waals surface area contributed by atoms with Crippen LogP contribution in [-0.4, -0.2) is 20.8 Å². The molecule has 4 heteroatoms. The van der Waals surface area contributed by atoms with E-state index in [4.69, 9.17) is 26.8 Å². The number of halogens is 1. The van der Waals surface area contributed by atoms with Crippen LogP contribution in [0.1, 0.15) is 12.0 Å². The molecule has 0 radical (unpaired) electrons. The predicted octanol–water partition coefficient (Wildman–Crippen LogP) is 2.06. The van der Waals surface area contributed by atoms with Gasteiger partial charge in [0.2, 0.25) is 0 Å². The molecule has 0 atom stereocenters. The highest BCUT2D eigenvalue weighted by Crippen LogP contribution is 2.36. The van der Waals surface area contributed by atoms with Gasteiger partial charge in [-0.3, -0.25) is 0 Å². The van der Waals surface area contributed by atoms with Crippen molar-refractivity contribution in [1.29, 1.82) is 0 Å². The lowest BCUT2D eigenvalue weighted by Gasteiger charge is -2.09. The van der Waals surface area contributed by atoms with Crippen LogP contribution in [0.3, 0.4) is 0 Å². The topological polar surface area (TPSA) is 44.5 Å². The van der Waals surface area contributed by atoms with Gasteiger partial charge in [-0.25, -0.2) is 0 Å². The number of hydrogen-bond acceptors (Lipinski definition) is 3. The normalized spacial score (nSPS) is 9.25. The number of benzene rings is 1. The van der Waals surface area contributed by atoms with E-state index < -0.39 is 0 Å². The van der Waals surface area contributed by atoms with Crippen molar-refractivity contribution in [1.82, 2.24) is 0 Å². The first kappa shape index (κ1) is 12.7. The predicted molar refractivity (Wildman–Crippen MR) is 65.1 cm³/mol. The second-order valence-electron chi connectivity index (χ2n) is 3.00. The van der Waals surface area contributed by atoms with Gasteiger partial charge in [-0.2, -0.15) is 0 Å². The van der Waals surface area contributed by atoms with Gasteiger partial charge in [0.1, 0.15) is 10.8 Å². The van der Waals surface area contributed by atoms with Gasteiger partial charge in [-0.1, -0.05) is 23.4 Å². The number of methoxy groups -OCH3 is 2. The van der Waals surface area contributed by atoms with Crippen molar-refractivity contribution in [2.45, 2.75) is 6.42 Å². The third-order valence-corrected chi connectivity index (χ3v) is 2.34. The van der Waals surface area contributed by atoms with Crippen molar-refractivity contribution in [3.05, 3.63) is 22.7 Å². The molecule has 0 saturated carbocycles. The number of nitrogens with two attached hydrogens (primary N) is 1. The molecular formula is C12H14ClNO2. The third kappa shape index (κ3) is 2.82. The van der Waals surface area contributed by atoms with Crippen LogP contribution in [0.5, 0.6) is 11.5 Å². The van der Waals surface area contributed by atoms with Crippen LogP contribution in [0.25, 0.3) is 0 Å². The second kappa shape index (κ2) is 6.26. The van der Waals surface area contributed by atoms with Crippen molar-refractivity contribution < 1.29 is 9.47 Å². The van der Waals surface area contributed by atoms with E-state index in [-0.39, 0.29) is 0 Å². The lowest BCUT2D eigenvalue weighted by Crippen LogP contribution is -1.96. The first-order chi connectivity index (χ1) is 7.74. The summed E-state index contributed by atoms with van der Waals surface area (Å²) in [6, 6.07) is 3.57. The van der Waals surface area contributed by atoms with Gasteiger partial charge < -0.3 is 15.2 Å². The maximum absolute atomic E-state index is 6.08. The van der Waals surface area contributed by atoms with Gasteiger partial charge in [-0.05, 0) is 12.1 Å². The van der Waals surface area contributed by atoms with Crippen LogP contribution in [0.4, 0.5) is 0 Å². The molecule has 0 aliphatic carbocycles. The quantitative estimate of drug-likeness (QED) is 0.822. The summed E-state index contributed by atoms with van der Waals surface area (Å²) in [5, 5.41) is 0.435. The van der Waals surface area contributed by atoms with Gasteiger partial charge in [0.15, 0.2) is 5.75 Å². The Hall–Kier alpha value is -1.37. The Morgan fingerprint density at radius 3 is 2.62 bits per heavy atom. The molecule has 0 fully saturated rings. The van der Waals surface area contributed by atoms with E-state index in [9.17, 15) is 0 Å². The van der Waals surface area contributed by atoms with Crippen molar-refractivity contribution in [3.8, 4) is 23.3 Å². The second-order valence-corrected chi connectivity index (χ2v) is 3.38. The molecule has 0 unspecified atom stereocenters. The molecule has 16 heavy (non-hydrogen) atoms. The number of rotatable bonds is 3. The lowest BCUT2D eigenvalue weighted by molar-refractivity contribution is 0.394. The highest BCUT2D eigenvalue weighted by atomic mass is 35.5. The maximum Gasteiger partial charge on any atom is 0.156 e. The minimum Gasteiger partial charge on any atom is -0.495 e. The van der Waals surface area contributed by atoms with E-state index in [1.165, 1.54) is 0 Å². The van der Waals surface area contributed by atoms with Crippen molar-refractivity contribution in [3.63, 3.8) is 0 Å². The highest BCUT2D eigenvalue weighted by molar-refractivity contribution is 6.33. The van der Waals surface area contributed by atoms with E-state index in [0.29, 0.717) is 29.5 Å². The number of ether oxygens (including phenoxy) is 2. The summed E-state index contributed by atoms with van der Waals surface area (Å²) in [6.07, 6.45) is 0.646. The third-order valence-electron chi connectivity index (χ3n) is 1.98. The molecule has 2 N–H and O–H groups in total. The maximum atomic E-state index is 6.08. The smallest absolute Gasteiger partial charge is 0.156 e. The molecule has 1 aromatic rings. The molecule has 3 nitrogen and oxygen atoms in total. The van der Waals surface area contributed by atoms with Crippen molar-refractivity contribution in [2.24, 2.45) is 5.73 Å². The van der Waals surface area contributed by atoms with Crippen LogP contribution in [0.2, 0.25) is 5.02 Å². The summed E-state index contributed by atoms with van der Waals surface area (Å²) in [6.45, 7) is 0.541. The summed E-state index contributed by atoms with van der Waals surface area (Å²) in [4.78, 5) is 0. The fraction of sp³-hybridized carbons (Fsp3) is 0.333. The zero-order chi connectivity index (χ0) is 12.0. The highest BCUT2D eigenvalue weighted by Gasteiger charge is 2.11. The summed E-state index contributed by atoms with van der Waals surface area (Å²) in [5.74, 6) is 7.00. The standard InChI is InChI=1S/C12H14ClNO2/c1-15-10-7-6-9(5-3-4-8-14)12(16-2)11(10)13/h6-7H,4,8,14H2,1-2H3. The molecule has 0 aliphatic heterocycles. The van der Waals surface area contributed by atoms with Crippen LogP contribution < -0.4 is 15.2 Å². The van der Waals surface area contributed by atoms with E-state index in [0.717, 1.165) is 5.56 Å². The molecule has 0 aliphatic rings. The molecule has 0 saturated heterocycles. The molecule has 0 heterocycles. The molecule has 0 aromatic heterocycles. The van der Waals surface area contributed by atoms with Gasteiger partial charge >= 0.3 is 0 Å². The van der Waals surface area contributed by atoms with Crippen LogP contribution >= 0.6 is 11.6 Å². The van der Waals surface area contributed by atoms with Crippen LogP contribution in [0.15, 0.2) is 12.1 Å². The largest absolute Gasteiger partial charge is 0.495 e. The first-order valence-corrected chi connectivity index (χ1v) is 5.21. The zero-order valence-corrected chi connectivity index (χ0v) is 10.1. The molecule has 0 amide bonds. The Balaban J connectivity index is 3.12. The Bertz CT molecular complexity index is 421. The van der Waals surface area contributed by atoms with E-state index in [1.54, 1.807) is 20.3 Å². The SMILES string of the molecule is COc1ccc(C#CCCN)c(OC)c1Cl.